The van der Waals surface area contributed by atoms with Crippen molar-refractivity contribution in [2.75, 3.05) is 20.8 Å². The summed E-state index contributed by atoms with van der Waals surface area (Å²) in [7, 11) is 3.27. The second-order valence-electron chi connectivity index (χ2n) is 8.16. The lowest BCUT2D eigenvalue weighted by Crippen LogP contribution is -2.23. The van der Waals surface area contributed by atoms with E-state index in [2.05, 4.69) is 0 Å². The molecule has 0 amide bonds. The Morgan fingerprint density at radius 1 is 0.939 bits per heavy atom. The number of hydrogen-bond donors (Lipinski definition) is 0. The van der Waals surface area contributed by atoms with Gasteiger partial charge < -0.3 is 9.47 Å². The van der Waals surface area contributed by atoms with E-state index in [1.807, 2.05) is 68.4 Å². The summed E-state index contributed by atoms with van der Waals surface area (Å²) >= 11 is 0. The molecule has 6 heteroatoms. The van der Waals surface area contributed by atoms with Crippen molar-refractivity contribution in [2.24, 2.45) is 4.99 Å². The number of rotatable bonds is 4. The number of benzene rings is 3. The van der Waals surface area contributed by atoms with Crippen molar-refractivity contribution in [3.8, 4) is 17.2 Å². The third-order valence-electron chi connectivity index (χ3n) is 6.18. The quantitative estimate of drug-likeness (QED) is 0.472. The molecule has 0 fully saturated rings. The number of aliphatic imine (C=N–C) groups is 1. The van der Waals surface area contributed by atoms with Gasteiger partial charge in [-0.05, 0) is 61.7 Å². The largest absolute Gasteiger partial charge is 0.493 e. The van der Waals surface area contributed by atoms with Gasteiger partial charge in [0.25, 0.3) is 5.56 Å². The molecular weight excluding hydrogens is 414 g/mol. The molecule has 1 aliphatic rings. The van der Waals surface area contributed by atoms with Crippen molar-refractivity contribution in [3.63, 3.8) is 0 Å². The molecule has 4 aromatic rings. The second-order valence-corrected chi connectivity index (χ2v) is 8.16. The summed E-state index contributed by atoms with van der Waals surface area (Å²) in [6, 6.07) is 17.6. The molecule has 0 N–H and O–H groups in total. The topological polar surface area (TPSA) is 65.7 Å². The molecular formula is C27H25N3O3. The van der Waals surface area contributed by atoms with Gasteiger partial charge in [0, 0.05) is 17.7 Å². The summed E-state index contributed by atoms with van der Waals surface area (Å²) in [6.45, 7) is 4.55. The summed E-state index contributed by atoms with van der Waals surface area (Å²) in [5, 5.41) is 0.580. The Hall–Kier alpha value is -3.93. The van der Waals surface area contributed by atoms with E-state index in [0.717, 1.165) is 40.1 Å². The van der Waals surface area contributed by atoms with Gasteiger partial charge in [0.05, 0.1) is 36.5 Å². The van der Waals surface area contributed by atoms with Crippen molar-refractivity contribution < 1.29 is 9.47 Å². The van der Waals surface area contributed by atoms with Crippen LogP contribution in [0.3, 0.4) is 0 Å². The van der Waals surface area contributed by atoms with Crippen LogP contribution in [-0.4, -0.2) is 36.0 Å². The van der Waals surface area contributed by atoms with Crippen molar-refractivity contribution >= 4 is 16.6 Å². The molecule has 0 radical (unpaired) electrons. The Labute approximate surface area is 192 Å². The number of aromatic nitrogens is 2. The monoisotopic (exact) mass is 439 g/mol. The van der Waals surface area contributed by atoms with Gasteiger partial charge in [0.2, 0.25) is 0 Å². The average molecular weight is 440 g/mol. The van der Waals surface area contributed by atoms with Crippen LogP contribution in [0.5, 0.6) is 11.5 Å². The highest BCUT2D eigenvalue weighted by Crippen LogP contribution is 2.34. The Morgan fingerprint density at radius 2 is 1.70 bits per heavy atom. The first-order valence-electron chi connectivity index (χ1n) is 10.9. The molecule has 0 atom stereocenters. The fourth-order valence-corrected chi connectivity index (χ4v) is 4.51. The van der Waals surface area contributed by atoms with E-state index in [0.29, 0.717) is 34.8 Å². The molecule has 2 heterocycles. The van der Waals surface area contributed by atoms with Gasteiger partial charge in [0.1, 0.15) is 5.82 Å². The van der Waals surface area contributed by atoms with Gasteiger partial charge in [-0.3, -0.25) is 14.4 Å². The minimum atomic E-state index is -0.0734. The number of fused-ring (bicyclic) bond motifs is 2. The summed E-state index contributed by atoms with van der Waals surface area (Å²) < 4.78 is 12.7. The number of ether oxygens (including phenoxy) is 2. The van der Waals surface area contributed by atoms with Crippen molar-refractivity contribution in [1.82, 2.24) is 9.55 Å². The van der Waals surface area contributed by atoms with E-state index >= 15 is 0 Å². The molecule has 0 aliphatic carbocycles. The predicted molar refractivity (Wildman–Crippen MR) is 131 cm³/mol. The summed E-state index contributed by atoms with van der Waals surface area (Å²) in [6.07, 6.45) is 0.839. The Bertz CT molecular complexity index is 1480. The zero-order chi connectivity index (χ0) is 23.1. The summed E-state index contributed by atoms with van der Waals surface area (Å²) in [4.78, 5) is 23.0. The minimum Gasteiger partial charge on any atom is -0.493 e. The maximum Gasteiger partial charge on any atom is 0.265 e. The van der Waals surface area contributed by atoms with Crippen molar-refractivity contribution in [2.45, 2.75) is 20.3 Å². The highest BCUT2D eigenvalue weighted by Gasteiger charge is 2.21. The zero-order valence-electron chi connectivity index (χ0n) is 19.2. The maximum absolute atomic E-state index is 13.4. The summed E-state index contributed by atoms with van der Waals surface area (Å²) in [5.41, 5.74) is 6.45. The maximum atomic E-state index is 13.4. The first kappa shape index (κ1) is 20.9. The first-order chi connectivity index (χ1) is 16.0. The molecule has 33 heavy (non-hydrogen) atoms. The second kappa shape index (κ2) is 8.20. The molecule has 1 aliphatic heterocycles. The normalized spacial score (nSPS) is 12.9. The van der Waals surface area contributed by atoms with Gasteiger partial charge in [-0.1, -0.05) is 24.3 Å². The average Bonchev–Trinajstić information content (AvgIpc) is 2.83. The molecule has 5 rings (SSSR count). The van der Waals surface area contributed by atoms with Crippen LogP contribution in [0, 0.1) is 13.8 Å². The van der Waals surface area contributed by atoms with E-state index in [9.17, 15) is 4.79 Å². The van der Waals surface area contributed by atoms with Gasteiger partial charge in [-0.25, -0.2) is 4.98 Å². The molecule has 0 spiro atoms. The van der Waals surface area contributed by atoms with E-state index in [-0.39, 0.29) is 5.56 Å². The van der Waals surface area contributed by atoms with E-state index < -0.39 is 0 Å². The number of nitrogens with zero attached hydrogens (tertiary/aromatic N) is 3. The third-order valence-corrected chi connectivity index (χ3v) is 6.18. The lowest BCUT2D eigenvalue weighted by atomic mass is 9.92. The smallest absolute Gasteiger partial charge is 0.265 e. The first-order valence-corrected chi connectivity index (χ1v) is 10.9. The van der Waals surface area contributed by atoms with Crippen LogP contribution in [-0.2, 0) is 6.42 Å². The van der Waals surface area contributed by atoms with Gasteiger partial charge >= 0.3 is 0 Å². The summed E-state index contributed by atoms with van der Waals surface area (Å²) in [5.74, 6) is 2.03. The number of para-hydroxylation sites is 1. The Kier molecular flexibility index (Phi) is 5.21. The van der Waals surface area contributed by atoms with Gasteiger partial charge in [-0.2, -0.15) is 0 Å². The Morgan fingerprint density at radius 3 is 2.45 bits per heavy atom. The highest BCUT2D eigenvalue weighted by atomic mass is 16.5. The lowest BCUT2D eigenvalue weighted by molar-refractivity contribution is 0.354. The molecule has 0 bridgehead atoms. The van der Waals surface area contributed by atoms with Crippen LogP contribution in [0.25, 0.3) is 16.6 Å². The number of aryl methyl sites for hydroxylation is 2. The highest BCUT2D eigenvalue weighted by molar-refractivity contribution is 6.15. The van der Waals surface area contributed by atoms with E-state index in [1.165, 1.54) is 0 Å². The van der Waals surface area contributed by atoms with Crippen molar-refractivity contribution in [1.29, 1.82) is 0 Å². The van der Waals surface area contributed by atoms with Crippen LogP contribution in [0.2, 0.25) is 0 Å². The number of hydrogen-bond acceptors (Lipinski definition) is 5. The molecule has 0 saturated heterocycles. The van der Waals surface area contributed by atoms with E-state index in [1.54, 1.807) is 18.8 Å². The lowest BCUT2D eigenvalue weighted by Gasteiger charge is -2.20. The SMILES string of the molecule is COc1cc2c(cc1OC)C(c1ccc3c(=O)n(-c4ccccc4C)c(C)nc3c1)=NCC2. The van der Waals surface area contributed by atoms with Crippen LogP contribution >= 0.6 is 0 Å². The van der Waals surface area contributed by atoms with Crippen molar-refractivity contribution in [3.05, 3.63) is 93.0 Å². The predicted octanol–water partition coefficient (Wildman–Crippen LogP) is 4.41. The fourth-order valence-electron chi connectivity index (χ4n) is 4.51. The number of methoxy groups -OCH3 is 2. The van der Waals surface area contributed by atoms with Crippen LogP contribution in [0.4, 0.5) is 0 Å². The van der Waals surface area contributed by atoms with Gasteiger partial charge in [0.15, 0.2) is 11.5 Å². The molecule has 0 unspecified atom stereocenters. The zero-order valence-corrected chi connectivity index (χ0v) is 19.2. The molecule has 0 saturated carbocycles. The third kappa shape index (κ3) is 3.48. The molecule has 6 nitrogen and oxygen atoms in total. The Balaban J connectivity index is 1.65. The van der Waals surface area contributed by atoms with E-state index in [4.69, 9.17) is 19.5 Å². The van der Waals surface area contributed by atoms with Crippen LogP contribution < -0.4 is 15.0 Å². The standard InChI is InChI=1S/C27H25N3O3/c1-16-7-5-6-8-23(16)30-17(2)29-22-13-19(9-10-20(22)27(30)31)26-21-15-25(33-4)24(32-3)14-18(21)11-12-28-26/h5-10,13-15H,11-12H2,1-4H3. The van der Waals surface area contributed by atoms with Crippen LogP contribution in [0.15, 0.2) is 64.4 Å². The van der Waals surface area contributed by atoms with Gasteiger partial charge in [-0.15, -0.1) is 0 Å². The minimum absolute atomic E-state index is 0.0734. The fraction of sp³-hybridized carbons (Fsp3) is 0.222. The molecule has 3 aromatic carbocycles. The molecule has 1 aromatic heterocycles. The van der Waals surface area contributed by atoms with Crippen LogP contribution in [0.1, 0.15) is 28.1 Å². The molecule has 166 valence electrons.